The van der Waals surface area contributed by atoms with Crippen molar-refractivity contribution in [3.8, 4) is 5.75 Å². The largest absolute Gasteiger partial charge is 0.494 e. The minimum Gasteiger partial charge on any atom is -0.494 e. The number of nitrogens with one attached hydrogen (secondary N) is 1. The number of nitrogens with zero attached hydrogens (tertiary/aromatic N) is 2. The third kappa shape index (κ3) is 5.46. The van der Waals surface area contributed by atoms with Crippen LogP contribution in [0.5, 0.6) is 5.75 Å². The van der Waals surface area contributed by atoms with Gasteiger partial charge in [0.25, 0.3) is 11.8 Å². The first-order valence-corrected chi connectivity index (χ1v) is 11.4. The molecule has 3 aromatic rings. The van der Waals surface area contributed by atoms with E-state index in [4.69, 9.17) is 16.3 Å². The Morgan fingerprint density at radius 2 is 1.64 bits per heavy atom. The molecule has 33 heavy (non-hydrogen) atoms. The second-order valence-corrected chi connectivity index (χ2v) is 8.15. The predicted octanol–water partition coefficient (Wildman–Crippen LogP) is 4.95. The lowest BCUT2D eigenvalue weighted by atomic mass is 10.1. The minimum absolute atomic E-state index is 0.00193. The van der Waals surface area contributed by atoms with Gasteiger partial charge >= 0.3 is 0 Å². The van der Waals surface area contributed by atoms with Gasteiger partial charge in [0.1, 0.15) is 5.75 Å². The fourth-order valence-corrected chi connectivity index (χ4v) is 3.99. The molecule has 0 spiro atoms. The van der Waals surface area contributed by atoms with Crippen LogP contribution in [0.25, 0.3) is 0 Å². The van der Waals surface area contributed by atoms with Crippen LogP contribution in [0, 0.1) is 0 Å². The molecule has 0 bridgehead atoms. The molecule has 7 heteroatoms. The van der Waals surface area contributed by atoms with Gasteiger partial charge in [-0.2, -0.15) is 0 Å². The summed E-state index contributed by atoms with van der Waals surface area (Å²) in [6.45, 7) is 4.99. The first-order chi connectivity index (χ1) is 16.0. The molecule has 0 radical (unpaired) electrons. The third-order valence-corrected chi connectivity index (χ3v) is 5.81. The van der Waals surface area contributed by atoms with Crippen molar-refractivity contribution in [1.29, 1.82) is 0 Å². The van der Waals surface area contributed by atoms with Gasteiger partial charge in [-0.15, -0.1) is 0 Å². The van der Waals surface area contributed by atoms with E-state index >= 15 is 0 Å². The fraction of sp³-hybridized carbons (Fsp3) is 0.231. The van der Waals surface area contributed by atoms with Gasteiger partial charge in [-0.1, -0.05) is 29.8 Å². The highest BCUT2D eigenvalue weighted by atomic mass is 35.5. The van der Waals surface area contributed by atoms with Gasteiger partial charge in [0.2, 0.25) is 0 Å². The summed E-state index contributed by atoms with van der Waals surface area (Å²) in [5, 5.41) is 3.64. The maximum Gasteiger partial charge on any atom is 0.255 e. The maximum atomic E-state index is 12.9. The van der Waals surface area contributed by atoms with Crippen LogP contribution >= 0.6 is 11.6 Å². The molecule has 6 nitrogen and oxygen atoms in total. The summed E-state index contributed by atoms with van der Waals surface area (Å²) in [5.41, 5.74) is 2.84. The van der Waals surface area contributed by atoms with Crippen LogP contribution in [0.3, 0.4) is 0 Å². The Bertz CT molecular complexity index is 1130. The van der Waals surface area contributed by atoms with Crippen LogP contribution < -0.4 is 15.0 Å². The normalized spacial score (nSPS) is 13.5. The van der Waals surface area contributed by atoms with E-state index in [2.05, 4.69) is 10.2 Å². The van der Waals surface area contributed by atoms with Crippen molar-refractivity contribution in [3.63, 3.8) is 0 Å². The van der Waals surface area contributed by atoms with Crippen LogP contribution in [-0.2, 0) is 0 Å². The zero-order valence-corrected chi connectivity index (χ0v) is 19.2. The fourth-order valence-electron chi connectivity index (χ4n) is 3.87. The van der Waals surface area contributed by atoms with E-state index in [1.54, 1.807) is 36.4 Å². The van der Waals surface area contributed by atoms with E-state index in [0.717, 1.165) is 11.4 Å². The molecule has 1 fully saturated rings. The average Bonchev–Trinajstić information content (AvgIpc) is 2.85. The van der Waals surface area contributed by atoms with Crippen molar-refractivity contribution < 1.29 is 14.3 Å². The number of rotatable bonds is 6. The number of anilines is 2. The molecular weight excluding hydrogens is 438 g/mol. The number of halogens is 1. The van der Waals surface area contributed by atoms with Crippen molar-refractivity contribution in [2.45, 2.75) is 6.92 Å². The highest BCUT2D eigenvalue weighted by Crippen LogP contribution is 2.28. The molecule has 3 aromatic carbocycles. The summed E-state index contributed by atoms with van der Waals surface area (Å²) in [4.78, 5) is 29.7. The monoisotopic (exact) mass is 463 g/mol. The molecule has 0 saturated carbocycles. The van der Waals surface area contributed by atoms with Crippen molar-refractivity contribution in [3.05, 3.63) is 88.9 Å². The zero-order valence-electron chi connectivity index (χ0n) is 18.5. The Kier molecular flexibility index (Phi) is 7.15. The van der Waals surface area contributed by atoms with Gasteiger partial charge in [-0.05, 0) is 61.5 Å². The molecule has 0 aliphatic carbocycles. The standard InChI is InChI=1S/C26H26ClN3O3/c1-2-33-22-7-5-6-20(18-22)25(31)28-23-8-3-4-9-24(23)29-14-16-30(17-15-29)26(32)19-10-12-21(27)13-11-19/h3-13,18H,2,14-17H2,1H3,(H,28,31). The third-order valence-electron chi connectivity index (χ3n) is 5.56. The number of carbonyl (C=O) groups is 2. The van der Waals surface area contributed by atoms with Crippen molar-refractivity contribution in [1.82, 2.24) is 4.90 Å². The molecule has 1 aliphatic heterocycles. The topological polar surface area (TPSA) is 61.9 Å². The van der Waals surface area contributed by atoms with Crippen molar-refractivity contribution >= 4 is 34.8 Å². The molecule has 170 valence electrons. The molecular formula is C26H26ClN3O3. The summed E-state index contributed by atoms with van der Waals surface area (Å²) < 4.78 is 5.51. The number of amides is 2. The summed E-state index contributed by atoms with van der Waals surface area (Å²) >= 11 is 5.93. The van der Waals surface area contributed by atoms with E-state index in [-0.39, 0.29) is 11.8 Å². The van der Waals surface area contributed by atoms with E-state index in [0.29, 0.717) is 54.7 Å². The minimum atomic E-state index is -0.194. The molecule has 1 saturated heterocycles. The summed E-state index contributed by atoms with van der Waals surface area (Å²) in [6.07, 6.45) is 0. The van der Waals surface area contributed by atoms with Gasteiger partial charge < -0.3 is 19.9 Å². The Morgan fingerprint density at radius 1 is 0.909 bits per heavy atom. The van der Waals surface area contributed by atoms with Gasteiger partial charge in [-0.25, -0.2) is 0 Å². The van der Waals surface area contributed by atoms with Crippen LogP contribution in [0.2, 0.25) is 5.02 Å². The molecule has 1 aliphatic rings. The van der Waals surface area contributed by atoms with Gasteiger partial charge in [0, 0.05) is 42.3 Å². The van der Waals surface area contributed by atoms with Gasteiger partial charge in [0.05, 0.1) is 18.0 Å². The summed E-state index contributed by atoms with van der Waals surface area (Å²) in [6, 6.07) is 21.8. The highest BCUT2D eigenvalue weighted by molar-refractivity contribution is 6.30. The number of hydrogen-bond donors (Lipinski definition) is 1. The molecule has 0 atom stereocenters. The molecule has 2 amide bonds. The molecule has 4 rings (SSSR count). The Balaban J connectivity index is 1.43. The number of ether oxygens (including phenoxy) is 1. The lowest BCUT2D eigenvalue weighted by Gasteiger charge is -2.37. The first kappa shape index (κ1) is 22.7. The number of hydrogen-bond acceptors (Lipinski definition) is 4. The zero-order chi connectivity index (χ0) is 23.2. The highest BCUT2D eigenvalue weighted by Gasteiger charge is 2.24. The number of piperazine rings is 1. The quantitative estimate of drug-likeness (QED) is 0.561. The number of para-hydroxylation sites is 2. The summed E-state index contributed by atoms with van der Waals surface area (Å²) in [5.74, 6) is 0.475. The van der Waals surface area contributed by atoms with Crippen molar-refractivity contribution in [2.24, 2.45) is 0 Å². The molecule has 0 aromatic heterocycles. The molecule has 1 heterocycles. The predicted molar refractivity (Wildman–Crippen MR) is 132 cm³/mol. The van der Waals surface area contributed by atoms with Gasteiger partial charge in [0.15, 0.2) is 0 Å². The van der Waals surface area contributed by atoms with Crippen LogP contribution in [0.4, 0.5) is 11.4 Å². The maximum absolute atomic E-state index is 12.9. The number of benzene rings is 3. The SMILES string of the molecule is CCOc1cccc(C(=O)Nc2ccccc2N2CCN(C(=O)c3ccc(Cl)cc3)CC2)c1. The van der Waals surface area contributed by atoms with Crippen molar-refractivity contribution in [2.75, 3.05) is 43.0 Å². The van der Waals surface area contributed by atoms with Crippen LogP contribution in [-0.4, -0.2) is 49.5 Å². The van der Waals surface area contributed by atoms with Crippen LogP contribution in [0.15, 0.2) is 72.8 Å². The number of carbonyl (C=O) groups excluding carboxylic acids is 2. The Hall–Kier alpha value is -3.51. The second-order valence-electron chi connectivity index (χ2n) is 7.72. The molecule has 0 unspecified atom stereocenters. The lowest BCUT2D eigenvalue weighted by Crippen LogP contribution is -2.49. The van der Waals surface area contributed by atoms with E-state index < -0.39 is 0 Å². The Morgan fingerprint density at radius 3 is 2.36 bits per heavy atom. The summed E-state index contributed by atoms with van der Waals surface area (Å²) in [7, 11) is 0. The Labute approximate surface area is 198 Å². The van der Waals surface area contributed by atoms with Crippen LogP contribution in [0.1, 0.15) is 27.6 Å². The first-order valence-electron chi connectivity index (χ1n) is 11.0. The smallest absolute Gasteiger partial charge is 0.255 e. The van der Waals surface area contributed by atoms with Gasteiger partial charge in [-0.3, -0.25) is 9.59 Å². The average molecular weight is 464 g/mol. The van der Waals surface area contributed by atoms with E-state index in [9.17, 15) is 9.59 Å². The van der Waals surface area contributed by atoms with E-state index in [1.807, 2.05) is 48.2 Å². The molecule has 1 N–H and O–H groups in total. The lowest BCUT2D eigenvalue weighted by molar-refractivity contribution is 0.0746. The van der Waals surface area contributed by atoms with E-state index in [1.165, 1.54) is 0 Å². The second kappa shape index (κ2) is 10.4.